The van der Waals surface area contributed by atoms with Crippen LogP contribution in [-0.2, 0) is 4.74 Å². The van der Waals surface area contributed by atoms with Crippen LogP contribution < -0.4 is 5.32 Å². The number of H-pyrrole nitrogens is 1. The van der Waals surface area contributed by atoms with Crippen LogP contribution in [0.3, 0.4) is 0 Å². The zero-order chi connectivity index (χ0) is 17.8. The fraction of sp³-hybridized carbons (Fsp3) is 0.500. The Morgan fingerprint density at radius 3 is 2.92 bits per heavy atom. The maximum absolute atomic E-state index is 12.5. The molecule has 1 saturated heterocycles. The van der Waals surface area contributed by atoms with Crippen LogP contribution in [0.5, 0.6) is 0 Å². The van der Waals surface area contributed by atoms with Gasteiger partial charge in [-0.05, 0) is 44.7 Å². The normalized spacial score (nSPS) is 16.6. The minimum absolute atomic E-state index is 0.0405. The van der Waals surface area contributed by atoms with Crippen LogP contribution in [0.2, 0.25) is 0 Å². The molecule has 7 heteroatoms. The summed E-state index contributed by atoms with van der Waals surface area (Å²) in [6, 6.07) is 3.77. The van der Waals surface area contributed by atoms with Crippen molar-refractivity contribution in [1.29, 1.82) is 0 Å². The van der Waals surface area contributed by atoms with Gasteiger partial charge in [0.2, 0.25) is 0 Å². The van der Waals surface area contributed by atoms with Gasteiger partial charge in [0.1, 0.15) is 5.65 Å². The predicted octanol–water partition coefficient (Wildman–Crippen LogP) is 2.55. The highest BCUT2D eigenvalue weighted by Crippen LogP contribution is 2.21. The summed E-state index contributed by atoms with van der Waals surface area (Å²) in [7, 11) is 0. The average molecular weight is 344 g/mol. The topological polar surface area (TPSA) is 87.3 Å². The second-order valence-electron chi connectivity index (χ2n) is 6.43. The molecular weight excluding hydrogens is 320 g/mol. The highest BCUT2D eigenvalue weighted by atomic mass is 16.6. The van der Waals surface area contributed by atoms with Crippen molar-refractivity contribution < 1.29 is 14.3 Å². The van der Waals surface area contributed by atoms with E-state index in [9.17, 15) is 9.59 Å². The Balaban J connectivity index is 1.54. The molecule has 0 aromatic carbocycles. The molecule has 25 heavy (non-hydrogen) atoms. The molecule has 1 unspecified atom stereocenters. The van der Waals surface area contributed by atoms with Crippen molar-refractivity contribution in [3.8, 4) is 0 Å². The number of aromatic amines is 1. The first-order chi connectivity index (χ1) is 12.1. The van der Waals surface area contributed by atoms with Crippen molar-refractivity contribution in [2.45, 2.75) is 32.7 Å². The number of pyridine rings is 1. The molecule has 0 bridgehead atoms. The van der Waals surface area contributed by atoms with Crippen LogP contribution >= 0.6 is 0 Å². The zero-order valence-electron chi connectivity index (χ0n) is 14.6. The van der Waals surface area contributed by atoms with E-state index >= 15 is 0 Å². The van der Waals surface area contributed by atoms with Crippen molar-refractivity contribution >= 4 is 23.0 Å². The average Bonchev–Trinajstić information content (AvgIpc) is 3.09. The molecule has 134 valence electrons. The SMILES string of the molecule is CCOC(=O)N1CCC(C(C)NC(=O)c2cnc3[nH]ccc3c2)CC1. The Morgan fingerprint density at radius 2 is 2.20 bits per heavy atom. The number of hydrogen-bond donors (Lipinski definition) is 2. The van der Waals surface area contributed by atoms with Crippen LogP contribution in [0.4, 0.5) is 4.79 Å². The lowest BCUT2D eigenvalue weighted by atomic mass is 9.90. The smallest absolute Gasteiger partial charge is 0.409 e. The molecule has 1 aliphatic rings. The maximum atomic E-state index is 12.5. The van der Waals surface area contributed by atoms with E-state index in [1.807, 2.05) is 26.0 Å². The molecule has 0 saturated carbocycles. The predicted molar refractivity (Wildman–Crippen MR) is 94.3 cm³/mol. The number of rotatable bonds is 4. The monoisotopic (exact) mass is 344 g/mol. The third kappa shape index (κ3) is 3.92. The Labute approximate surface area is 146 Å². The van der Waals surface area contributed by atoms with E-state index in [0.717, 1.165) is 23.9 Å². The van der Waals surface area contributed by atoms with Gasteiger partial charge in [-0.15, -0.1) is 0 Å². The van der Waals surface area contributed by atoms with Gasteiger partial charge in [-0.25, -0.2) is 9.78 Å². The van der Waals surface area contributed by atoms with Crippen molar-refractivity contribution in [3.05, 3.63) is 30.1 Å². The number of likely N-dealkylation sites (tertiary alicyclic amines) is 1. The fourth-order valence-corrected chi connectivity index (χ4v) is 3.27. The van der Waals surface area contributed by atoms with Gasteiger partial charge in [-0.1, -0.05) is 0 Å². The number of piperidine rings is 1. The molecule has 0 radical (unpaired) electrons. The molecule has 0 aliphatic carbocycles. The van der Waals surface area contributed by atoms with Gasteiger partial charge in [0.15, 0.2) is 0 Å². The van der Waals surface area contributed by atoms with Crippen LogP contribution in [-0.4, -0.2) is 52.6 Å². The number of nitrogens with one attached hydrogen (secondary N) is 2. The van der Waals surface area contributed by atoms with Gasteiger partial charge in [0.05, 0.1) is 12.2 Å². The molecule has 1 aliphatic heterocycles. The minimum Gasteiger partial charge on any atom is -0.450 e. The van der Waals surface area contributed by atoms with Gasteiger partial charge in [0, 0.05) is 36.9 Å². The standard InChI is InChI=1S/C18H24N4O3/c1-3-25-18(24)22-8-5-13(6-9-22)12(2)21-17(23)15-10-14-4-7-19-16(14)20-11-15/h4,7,10-13H,3,5-6,8-9H2,1-2H3,(H,19,20)(H,21,23). The van der Waals surface area contributed by atoms with Crippen molar-refractivity contribution in [3.63, 3.8) is 0 Å². The summed E-state index contributed by atoms with van der Waals surface area (Å²) >= 11 is 0. The van der Waals surface area contributed by atoms with E-state index in [-0.39, 0.29) is 18.0 Å². The van der Waals surface area contributed by atoms with Crippen LogP contribution in [0.15, 0.2) is 24.5 Å². The summed E-state index contributed by atoms with van der Waals surface area (Å²) in [5, 5.41) is 3.99. The number of ether oxygens (including phenoxy) is 1. The number of amides is 2. The molecule has 1 fully saturated rings. The molecule has 7 nitrogen and oxygen atoms in total. The van der Waals surface area contributed by atoms with Gasteiger partial charge >= 0.3 is 6.09 Å². The molecular formula is C18H24N4O3. The number of hydrogen-bond acceptors (Lipinski definition) is 4. The molecule has 2 N–H and O–H groups in total. The zero-order valence-corrected chi connectivity index (χ0v) is 14.6. The minimum atomic E-state index is -0.247. The van der Waals surface area contributed by atoms with Crippen LogP contribution in [0.1, 0.15) is 37.0 Å². The lowest BCUT2D eigenvalue weighted by Crippen LogP contribution is -2.45. The quantitative estimate of drug-likeness (QED) is 0.892. The molecule has 2 amide bonds. The largest absolute Gasteiger partial charge is 0.450 e. The van der Waals surface area contributed by atoms with Gasteiger partial charge in [-0.3, -0.25) is 4.79 Å². The van der Waals surface area contributed by atoms with E-state index in [4.69, 9.17) is 4.74 Å². The lowest BCUT2D eigenvalue weighted by molar-refractivity contribution is 0.0816. The summed E-state index contributed by atoms with van der Waals surface area (Å²) in [4.78, 5) is 33.2. The summed E-state index contributed by atoms with van der Waals surface area (Å²) in [6.45, 7) is 5.55. The molecule has 3 heterocycles. The van der Waals surface area contributed by atoms with E-state index in [2.05, 4.69) is 15.3 Å². The Bertz CT molecular complexity index is 750. The number of nitrogens with zero attached hydrogens (tertiary/aromatic N) is 2. The summed E-state index contributed by atoms with van der Waals surface area (Å²) < 4.78 is 5.04. The van der Waals surface area contributed by atoms with Gasteiger partial charge < -0.3 is 19.9 Å². The van der Waals surface area contributed by atoms with Crippen LogP contribution in [0, 0.1) is 5.92 Å². The summed E-state index contributed by atoms with van der Waals surface area (Å²) in [6.07, 6.45) is 4.86. The summed E-state index contributed by atoms with van der Waals surface area (Å²) in [5.41, 5.74) is 1.33. The fourth-order valence-electron chi connectivity index (χ4n) is 3.27. The third-order valence-electron chi connectivity index (χ3n) is 4.79. The molecule has 3 rings (SSSR count). The Morgan fingerprint density at radius 1 is 1.44 bits per heavy atom. The van der Waals surface area contributed by atoms with E-state index in [1.54, 1.807) is 17.3 Å². The van der Waals surface area contributed by atoms with Crippen molar-refractivity contribution in [2.24, 2.45) is 5.92 Å². The maximum Gasteiger partial charge on any atom is 0.409 e. The van der Waals surface area contributed by atoms with Crippen molar-refractivity contribution in [2.75, 3.05) is 19.7 Å². The number of fused-ring (bicyclic) bond motifs is 1. The number of aromatic nitrogens is 2. The van der Waals surface area contributed by atoms with Crippen molar-refractivity contribution in [1.82, 2.24) is 20.2 Å². The second kappa shape index (κ2) is 7.55. The third-order valence-corrected chi connectivity index (χ3v) is 4.79. The van der Waals surface area contributed by atoms with E-state index in [1.165, 1.54) is 0 Å². The van der Waals surface area contributed by atoms with Gasteiger partial charge in [-0.2, -0.15) is 0 Å². The molecule has 0 spiro atoms. The first kappa shape index (κ1) is 17.3. The Kier molecular flexibility index (Phi) is 5.21. The molecule has 2 aromatic heterocycles. The second-order valence-corrected chi connectivity index (χ2v) is 6.43. The summed E-state index contributed by atoms with van der Waals surface area (Å²) in [5.74, 6) is 0.231. The first-order valence-electron chi connectivity index (χ1n) is 8.74. The van der Waals surface area contributed by atoms with E-state index in [0.29, 0.717) is 31.2 Å². The Hall–Kier alpha value is -2.57. The molecule has 2 aromatic rings. The molecule has 1 atom stereocenters. The van der Waals surface area contributed by atoms with Gasteiger partial charge in [0.25, 0.3) is 5.91 Å². The highest BCUT2D eigenvalue weighted by molar-refractivity contribution is 5.97. The van der Waals surface area contributed by atoms with Crippen LogP contribution in [0.25, 0.3) is 11.0 Å². The number of carbonyl (C=O) groups is 2. The lowest BCUT2D eigenvalue weighted by Gasteiger charge is -2.34. The number of carbonyl (C=O) groups excluding carboxylic acids is 2. The highest BCUT2D eigenvalue weighted by Gasteiger charge is 2.27. The first-order valence-corrected chi connectivity index (χ1v) is 8.74. The van der Waals surface area contributed by atoms with E-state index < -0.39 is 0 Å².